The van der Waals surface area contributed by atoms with Crippen molar-refractivity contribution in [3.8, 4) is 17.2 Å². The van der Waals surface area contributed by atoms with E-state index in [4.69, 9.17) is 5.11 Å². The van der Waals surface area contributed by atoms with Crippen LogP contribution in [0, 0.1) is 11.6 Å². The summed E-state index contributed by atoms with van der Waals surface area (Å²) in [5.74, 6) is -5.27. The molecule has 0 atom stereocenters. The van der Waals surface area contributed by atoms with E-state index < -0.39 is 52.2 Å². The summed E-state index contributed by atoms with van der Waals surface area (Å²) in [6.45, 7) is -2.93. The molecule has 0 aliphatic rings. The Morgan fingerprint density at radius 3 is 2.39 bits per heavy atom. The van der Waals surface area contributed by atoms with Crippen molar-refractivity contribution in [1.29, 1.82) is 0 Å². The summed E-state index contributed by atoms with van der Waals surface area (Å²) >= 11 is 0. The molecule has 11 heteroatoms. The topological polar surface area (TPSA) is 81.0 Å². The molecule has 0 spiro atoms. The largest absolute Gasteiger partial charge is 0.511 e. The van der Waals surface area contributed by atoms with Crippen molar-refractivity contribution in [2.45, 2.75) is 13.2 Å². The maximum Gasteiger partial charge on any atom is 0.511 e. The number of carbonyl (C=O) groups is 1. The maximum atomic E-state index is 14.4. The number of rotatable bonds is 6. The first kappa shape index (κ1) is 22.1. The second kappa shape index (κ2) is 8.64. The molecule has 7 nitrogen and oxygen atoms in total. The van der Waals surface area contributed by atoms with Crippen molar-refractivity contribution in [3.63, 3.8) is 0 Å². The zero-order valence-corrected chi connectivity index (χ0v) is 16.2. The molecule has 0 aliphatic heterocycles. The molecular formula is C20H16F4N2O5. The molecule has 3 rings (SSSR count). The number of aromatic nitrogens is 1. The van der Waals surface area contributed by atoms with E-state index in [2.05, 4.69) is 9.47 Å². The zero-order valence-electron chi connectivity index (χ0n) is 16.2. The van der Waals surface area contributed by atoms with Crippen LogP contribution in [0.2, 0.25) is 0 Å². The van der Waals surface area contributed by atoms with Crippen LogP contribution in [-0.4, -0.2) is 41.4 Å². The van der Waals surface area contributed by atoms with Gasteiger partial charge in [0, 0.05) is 12.2 Å². The van der Waals surface area contributed by atoms with Crippen LogP contribution in [0.1, 0.15) is 5.56 Å². The number of hydrogen-bond acceptors (Lipinski definition) is 5. The second-order valence-corrected chi connectivity index (χ2v) is 6.74. The van der Waals surface area contributed by atoms with Gasteiger partial charge in [-0.05, 0) is 37.9 Å². The average Bonchev–Trinajstić information content (AvgIpc) is 2.67. The Bertz CT molecular complexity index is 1190. The predicted molar refractivity (Wildman–Crippen MR) is 102 cm³/mol. The summed E-state index contributed by atoms with van der Waals surface area (Å²) < 4.78 is 63.9. The molecule has 164 valence electrons. The number of ether oxygens (including phenoxy) is 2. The fourth-order valence-electron chi connectivity index (χ4n) is 3.07. The summed E-state index contributed by atoms with van der Waals surface area (Å²) in [5, 5.41) is 8.28. The Balaban J connectivity index is 2.36. The van der Waals surface area contributed by atoms with Crippen molar-refractivity contribution in [3.05, 3.63) is 63.9 Å². The lowest BCUT2D eigenvalue weighted by atomic mass is 10.1. The molecule has 31 heavy (non-hydrogen) atoms. The van der Waals surface area contributed by atoms with Crippen LogP contribution in [0.4, 0.5) is 22.4 Å². The minimum Gasteiger partial charge on any atom is -0.449 e. The highest BCUT2D eigenvalue weighted by atomic mass is 19.3. The lowest BCUT2D eigenvalue weighted by molar-refractivity contribution is -0.0515. The molecule has 2 aromatic carbocycles. The molecule has 3 aromatic rings. The second-order valence-electron chi connectivity index (χ2n) is 6.74. The average molecular weight is 440 g/mol. The quantitative estimate of drug-likeness (QED) is 0.461. The molecule has 0 bridgehead atoms. The van der Waals surface area contributed by atoms with Gasteiger partial charge in [0.2, 0.25) is 11.2 Å². The van der Waals surface area contributed by atoms with Gasteiger partial charge in [-0.15, -0.1) is 0 Å². The van der Waals surface area contributed by atoms with Crippen molar-refractivity contribution in [1.82, 2.24) is 9.47 Å². The predicted octanol–water partition coefficient (Wildman–Crippen LogP) is 3.99. The van der Waals surface area contributed by atoms with Crippen molar-refractivity contribution in [2.75, 3.05) is 14.1 Å². The molecule has 0 fully saturated rings. The SMILES string of the molecule is CN(C)Cc1ccc(-n2cc(OC(=O)O)c(=O)c3cc(F)c(F)c(OC(F)F)c32)cc1. The highest BCUT2D eigenvalue weighted by Crippen LogP contribution is 2.34. The zero-order chi connectivity index (χ0) is 22.9. The van der Waals surface area contributed by atoms with Crippen molar-refractivity contribution >= 4 is 17.1 Å². The molecule has 0 saturated carbocycles. The smallest absolute Gasteiger partial charge is 0.449 e. The number of benzene rings is 2. The summed E-state index contributed by atoms with van der Waals surface area (Å²) in [5.41, 5.74) is -0.548. The Kier molecular flexibility index (Phi) is 6.16. The summed E-state index contributed by atoms with van der Waals surface area (Å²) in [7, 11) is 3.70. The molecule has 1 heterocycles. The van der Waals surface area contributed by atoms with E-state index >= 15 is 0 Å². The number of hydrogen-bond donors (Lipinski definition) is 1. The first-order chi connectivity index (χ1) is 14.6. The Morgan fingerprint density at radius 2 is 1.84 bits per heavy atom. The molecule has 0 amide bonds. The first-order valence-electron chi connectivity index (χ1n) is 8.75. The minimum absolute atomic E-state index is 0.230. The monoisotopic (exact) mass is 440 g/mol. The van der Waals surface area contributed by atoms with Gasteiger partial charge in [-0.2, -0.15) is 13.2 Å². The van der Waals surface area contributed by atoms with E-state index in [0.717, 1.165) is 16.3 Å². The Labute approximate surface area is 172 Å². The number of alkyl halides is 2. The van der Waals surface area contributed by atoms with Gasteiger partial charge >= 0.3 is 12.8 Å². The van der Waals surface area contributed by atoms with Gasteiger partial charge in [0.15, 0.2) is 17.3 Å². The number of pyridine rings is 1. The molecule has 0 radical (unpaired) electrons. The maximum absolute atomic E-state index is 14.4. The van der Waals surface area contributed by atoms with E-state index in [9.17, 15) is 27.2 Å². The van der Waals surface area contributed by atoms with Crippen LogP contribution in [0.15, 0.2) is 41.3 Å². The normalized spacial score (nSPS) is 11.4. The van der Waals surface area contributed by atoms with Gasteiger partial charge in [0.05, 0.1) is 11.6 Å². The van der Waals surface area contributed by atoms with Crippen molar-refractivity contribution in [2.24, 2.45) is 0 Å². The van der Waals surface area contributed by atoms with Crippen LogP contribution < -0.4 is 14.9 Å². The number of fused-ring (bicyclic) bond motifs is 1. The van der Waals surface area contributed by atoms with Crippen LogP contribution >= 0.6 is 0 Å². The number of halogens is 4. The third-order valence-electron chi connectivity index (χ3n) is 4.22. The van der Waals surface area contributed by atoms with Crippen LogP contribution in [0.3, 0.4) is 0 Å². The Morgan fingerprint density at radius 1 is 1.19 bits per heavy atom. The Hall–Kier alpha value is -3.60. The highest BCUT2D eigenvalue weighted by molar-refractivity contribution is 5.88. The fourth-order valence-corrected chi connectivity index (χ4v) is 3.07. The van der Waals surface area contributed by atoms with Gasteiger partial charge < -0.3 is 24.0 Å². The van der Waals surface area contributed by atoms with Gasteiger partial charge in [-0.25, -0.2) is 9.18 Å². The molecule has 0 saturated heterocycles. The lowest BCUT2D eigenvalue weighted by Crippen LogP contribution is -2.18. The molecule has 1 aromatic heterocycles. The molecule has 1 N–H and O–H groups in total. The van der Waals surface area contributed by atoms with E-state index in [0.29, 0.717) is 12.6 Å². The fraction of sp³-hybridized carbons (Fsp3) is 0.200. The van der Waals surface area contributed by atoms with Gasteiger partial charge in [0.25, 0.3) is 0 Å². The minimum atomic E-state index is -3.51. The number of nitrogens with zero attached hydrogens (tertiary/aromatic N) is 2. The third kappa shape index (κ3) is 4.61. The first-order valence-corrected chi connectivity index (χ1v) is 8.75. The summed E-state index contributed by atoms with van der Waals surface area (Å²) in [6.07, 6.45) is -0.939. The molecule has 0 unspecified atom stereocenters. The van der Waals surface area contributed by atoms with Crippen LogP contribution in [0.25, 0.3) is 16.6 Å². The summed E-state index contributed by atoms with van der Waals surface area (Å²) in [6, 6.07) is 6.90. The van der Waals surface area contributed by atoms with Gasteiger partial charge in [-0.1, -0.05) is 12.1 Å². The lowest BCUT2D eigenvalue weighted by Gasteiger charge is -2.18. The number of carboxylic acid groups (broad SMARTS) is 1. The van der Waals surface area contributed by atoms with E-state index in [-0.39, 0.29) is 5.69 Å². The highest BCUT2D eigenvalue weighted by Gasteiger charge is 2.25. The standard InChI is InChI=1S/C20H16F4N2O5/c1-25(2)8-10-3-5-11(6-4-10)26-9-14(30-20(28)29)17(27)12-7-13(21)15(22)18(16(12)26)31-19(23)24/h3-7,9,19H,8H2,1-2H3,(H,28,29). The third-order valence-corrected chi connectivity index (χ3v) is 4.22. The van der Waals surface area contributed by atoms with Gasteiger partial charge in [-0.3, -0.25) is 4.79 Å². The van der Waals surface area contributed by atoms with Crippen molar-refractivity contribution < 1.29 is 36.9 Å². The van der Waals surface area contributed by atoms with Crippen LogP contribution in [0.5, 0.6) is 11.5 Å². The van der Waals surface area contributed by atoms with E-state index in [1.165, 1.54) is 12.1 Å². The summed E-state index contributed by atoms with van der Waals surface area (Å²) in [4.78, 5) is 25.4. The molecular weight excluding hydrogens is 424 g/mol. The molecule has 0 aliphatic carbocycles. The van der Waals surface area contributed by atoms with Crippen LogP contribution in [-0.2, 0) is 6.54 Å². The van der Waals surface area contributed by atoms with Gasteiger partial charge in [0.1, 0.15) is 5.52 Å². The van der Waals surface area contributed by atoms with E-state index in [1.54, 1.807) is 12.1 Å². The van der Waals surface area contributed by atoms with E-state index in [1.807, 2.05) is 19.0 Å².